The van der Waals surface area contributed by atoms with Crippen LogP contribution in [0.2, 0.25) is 0 Å². The van der Waals surface area contributed by atoms with Gasteiger partial charge >= 0.3 is 11.7 Å². The van der Waals surface area contributed by atoms with E-state index in [4.69, 9.17) is 0 Å². The molecule has 0 aliphatic heterocycles. The van der Waals surface area contributed by atoms with Crippen molar-refractivity contribution in [3.63, 3.8) is 0 Å². The number of rotatable bonds is 5. The summed E-state index contributed by atoms with van der Waals surface area (Å²) in [6, 6.07) is 10.6. The van der Waals surface area contributed by atoms with Crippen LogP contribution in [0.25, 0.3) is 0 Å². The summed E-state index contributed by atoms with van der Waals surface area (Å²) in [7, 11) is 0. The van der Waals surface area contributed by atoms with Gasteiger partial charge < -0.3 is 10.6 Å². The third kappa shape index (κ3) is 4.77. The summed E-state index contributed by atoms with van der Waals surface area (Å²) in [5.74, 6) is -0.944. The summed E-state index contributed by atoms with van der Waals surface area (Å²) in [5.41, 5.74) is 1.74. The highest BCUT2D eigenvalue weighted by Crippen LogP contribution is 2.21. The number of nitro groups is 1. The number of hydrogen-bond donors (Lipinski definition) is 2. The lowest BCUT2D eigenvalue weighted by atomic mass is 10.1. The van der Waals surface area contributed by atoms with Crippen LogP contribution in [0.3, 0.4) is 0 Å². The highest BCUT2D eigenvalue weighted by Gasteiger charge is 2.15. The zero-order chi connectivity index (χ0) is 16.8. The fourth-order valence-electron chi connectivity index (χ4n) is 1.98. The predicted octanol–water partition coefficient (Wildman–Crippen LogP) is 3.41. The first-order chi connectivity index (χ1) is 11.0. The normalized spacial score (nSPS) is 10.2. The van der Waals surface area contributed by atoms with Crippen LogP contribution in [0, 0.1) is 22.9 Å². The lowest BCUT2D eigenvalue weighted by molar-refractivity contribution is -0.387. The van der Waals surface area contributed by atoms with Gasteiger partial charge in [-0.2, -0.15) is 4.39 Å². The highest BCUT2D eigenvalue weighted by molar-refractivity contribution is 5.89. The van der Waals surface area contributed by atoms with Crippen LogP contribution in [0.15, 0.2) is 42.5 Å². The number of halogens is 1. The number of benzene rings is 2. The Kier molecular flexibility index (Phi) is 5.24. The molecule has 23 heavy (non-hydrogen) atoms. The second-order valence-corrected chi connectivity index (χ2v) is 5.04. The molecule has 0 atom stereocenters. The van der Waals surface area contributed by atoms with Gasteiger partial charge in [0.25, 0.3) is 0 Å². The molecule has 0 aromatic heterocycles. The monoisotopic (exact) mass is 317 g/mol. The first-order valence-corrected chi connectivity index (χ1v) is 7.00. The Balaban J connectivity index is 1.86. The third-order valence-corrected chi connectivity index (χ3v) is 3.22. The molecule has 6 nitrogen and oxygen atoms in total. The number of nitro benzene ring substituents is 1. The van der Waals surface area contributed by atoms with E-state index < -0.39 is 22.5 Å². The molecular formula is C16H16FN3O3. The molecular weight excluding hydrogens is 301 g/mol. The second-order valence-electron chi connectivity index (χ2n) is 5.04. The molecule has 7 heteroatoms. The number of urea groups is 1. The molecule has 0 saturated heterocycles. The lowest BCUT2D eigenvalue weighted by Crippen LogP contribution is -2.30. The highest BCUT2D eigenvalue weighted by atomic mass is 19.1. The van der Waals surface area contributed by atoms with Crippen LogP contribution in [0.5, 0.6) is 0 Å². The van der Waals surface area contributed by atoms with E-state index in [9.17, 15) is 19.3 Å². The van der Waals surface area contributed by atoms with Gasteiger partial charge in [-0.05, 0) is 31.0 Å². The average molecular weight is 317 g/mol. The molecule has 2 N–H and O–H groups in total. The quantitative estimate of drug-likeness (QED) is 0.654. The fourth-order valence-corrected chi connectivity index (χ4v) is 1.98. The average Bonchev–Trinajstić information content (AvgIpc) is 2.51. The maximum Gasteiger partial charge on any atom is 0.319 e. The number of hydrogen-bond acceptors (Lipinski definition) is 3. The molecule has 0 saturated carbocycles. The van der Waals surface area contributed by atoms with Crippen molar-refractivity contribution < 1.29 is 14.1 Å². The summed E-state index contributed by atoms with van der Waals surface area (Å²) in [5, 5.41) is 15.7. The van der Waals surface area contributed by atoms with Crippen molar-refractivity contribution in [2.24, 2.45) is 0 Å². The number of aryl methyl sites for hydroxylation is 1. The zero-order valence-electron chi connectivity index (χ0n) is 12.5. The van der Waals surface area contributed by atoms with E-state index in [1.165, 1.54) is 6.07 Å². The number of amides is 2. The van der Waals surface area contributed by atoms with E-state index in [1.54, 1.807) is 0 Å². The topological polar surface area (TPSA) is 84.3 Å². The van der Waals surface area contributed by atoms with E-state index >= 15 is 0 Å². The number of carbonyl (C=O) groups excluding carboxylic acids is 1. The second kappa shape index (κ2) is 7.35. The van der Waals surface area contributed by atoms with Gasteiger partial charge in [-0.25, -0.2) is 4.79 Å². The number of nitrogens with zero attached hydrogens (tertiary/aromatic N) is 1. The Bertz CT molecular complexity index is 717. The van der Waals surface area contributed by atoms with E-state index in [0.29, 0.717) is 13.0 Å². The maximum atomic E-state index is 13.2. The van der Waals surface area contributed by atoms with Gasteiger partial charge in [-0.15, -0.1) is 0 Å². The summed E-state index contributed by atoms with van der Waals surface area (Å²) >= 11 is 0. The molecule has 0 unspecified atom stereocenters. The van der Waals surface area contributed by atoms with Gasteiger partial charge in [-0.1, -0.05) is 29.8 Å². The minimum absolute atomic E-state index is 0.158. The van der Waals surface area contributed by atoms with E-state index in [0.717, 1.165) is 23.3 Å². The third-order valence-electron chi connectivity index (χ3n) is 3.22. The smallest absolute Gasteiger partial charge is 0.319 e. The molecule has 2 aromatic rings. The molecule has 0 radical (unpaired) electrons. The first-order valence-electron chi connectivity index (χ1n) is 7.00. The van der Waals surface area contributed by atoms with Crippen LogP contribution >= 0.6 is 0 Å². The van der Waals surface area contributed by atoms with Gasteiger partial charge in [0.05, 0.1) is 4.92 Å². The van der Waals surface area contributed by atoms with Crippen LogP contribution in [0.4, 0.5) is 20.6 Å². The van der Waals surface area contributed by atoms with Crippen molar-refractivity contribution in [3.05, 3.63) is 69.5 Å². The van der Waals surface area contributed by atoms with Gasteiger partial charge in [0.2, 0.25) is 5.82 Å². The molecule has 0 heterocycles. The summed E-state index contributed by atoms with van der Waals surface area (Å²) in [6.45, 7) is 2.41. The number of carbonyl (C=O) groups is 1. The largest absolute Gasteiger partial charge is 0.338 e. The molecule has 0 aliphatic rings. The zero-order valence-corrected chi connectivity index (χ0v) is 12.5. The fraction of sp³-hybridized carbons (Fsp3) is 0.188. The Morgan fingerprint density at radius 1 is 1.22 bits per heavy atom. The maximum absolute atomic E-state index is 13.2. The predicted molar refractivity (Wildman–Crippen MR) is 85.0 cm³/mol. The molecule has 2 aromatic carbocycles. The van der Waals surface area contributed by atoms with Gasteiger partial charge in [-0.3, -0.25) is 10.1 Å². The Labute approximate surface area is 132 Å². The number of anilines is 1. The van der Waals surface area contributed by atoms with Crippen molar-refractivity contribution in [1.82, 2.24) is 5.32 Å². The lowest BCUT2D eigenvalue weighted by Gasteiger charge is -2.08. The van der Waals surface area contributed by atoms with Crippen LogP contribution in [-0.2, 0) is 6.42 Å². The first kappa shape index (κ1) is 16.4. The Hall–Kier alpha value is -2.96. The SMILES string of the molecule is Cc1ccc(CCNC(=O)Nc2ccc(F)c([N+](=O)[O-])c2)cc1. The molecule has 0 aliphatic carbocycles. The van der Waals surface area contributed by atoms with E-state index in [2.05, 4.69) is 10.6 Å². The molecule has 2 amide bonds. The molecule has 2 rings (SSSR count). The van der Waals surface area contributed by atoms with Crippen molar-refractivity contribution in [3.8, 4) is 0 Å². The minimum atomic E-state index is -0.944. The Morgan fingerprint density at radius 3 is 2.57 bits per heavy atom. The molecule has 0 bridgehead atoms. The summed E-state index contributed by atoms with van der Waals surface area (Å²) in [4.78, 5) is 21.5. The van der Waals surface area contributed by atoms with Crippen molar-refractivity contribution in [1.29, 1.82) is 0 Å². The summed E-state index contributed by atoms with van der Waals surface area (Å²) in [6.07, 6.45) is 0.664. The standard InChI is InChI=1S/C16H16FN3O3/c1-11-2-4-12(5-3-11)8-9-18-16(21)19-13-6-7-14(17)15(10-13)20(22)23/h2-7,10H,8-9H2,1H3,(H2,18,19,21). The van der Waals surface area contributed by atoms with Gasteiger partial charge in [0.15, 0.2) is 0 Å². The van der Waals surface area contributed by atoms with Crippen molar-refractivity contribution in [2.75, 3.05) is 11.9 Å². The summed E-state index contributed by atoms with van der Waals surface area (Å²) < 4.78 is 13.2. The van der Waals surface area contributed by atoms with Gasteiger partial charge in [0.1, 0.15) is 0 Å². The van der Waals surface area contributed by atoms with Crippen LogP contribution in [0.1, 0.15) is 11.1 Å². The van der Waals surface area contributed by atoms with Crippen molar-refractivity contribution in [2.45, 2.75) is 13.3 Å². The van der Waals surface area contributed by atoms with Crippen LogP contribution < -0.4 is 10.6 Å². The molecule has 0 fully saturated rings. The molecule has 120 valence electrons. The Morgan fingerprint density at radius 2 is 1.91 bits per heavy atom. The van der Waals surface area contributed by atoms with E-state index in [1.807, 2.05) is 31.2 Å². The minimum Gasteiger partial charge on any atom is -0.338 e. The molecule has 0 spiro atoms. The number of nitrogens with one attached hydrogen (secondary N) is 2. The van der Waals surface area contributed by atoms with Crippen molar-refractivity contribution >= 4 is 17.4 Å². The van der Waals surface area contributed by atoms with E-state index in [-0.39, 0.29) is 5.69 Å². The van der Waals surface area contributed by atoms with Gasteiger partial charge in [0, 0.05) is 18.3 Å². The van der Waals surface area contributed by atoms with Crippen LogP contribution in [-0.4, -0.2) is 17.5 Å².